The zero-order valence-corrected chi connectivity index (χ0v) is 27.1. The van der Waals surface area contributed by atoms with Crippen molar-refractivity contribution in [2.45, 2.75) is 12.3 Å². The van der Waals surface area contributed by atoms with Crippen LogP contribution in [0.2, 0.25) is 0 Å². The normalized spacial score (nSPS) is 16.6. The third-order valence-corrected chi connectivity index (χ3v) is 10.5. The maximum absolute atomic E-state index is 5.37. The molecule has 4 heterocycles. The lowest BCUT2D eigenvalue weighted by Gasteiger charge is -2.32. The van der Waals surface area contributed by atoms with Crippen LogP contribution in [0.15, 0.2) is 169 Å². The maximum Gasteiger partial charge on any atom is 0.131 e. The van der Waals surface area contributed by atoms with E-state index < -0.39 is 0 Å². The number of aromatic nitrogens is 2. The van der Waals surface area contributed by atoms with Crippen LogP contribution in [0.25, 0.3) is 65.4 Å². The summed E-state index contributed by atoms with van der Waals surface area (Å²) >= 11 is 0. The SMILES string of the molecule is c1ccc(C2=NC(c3cc4c5ccccc5n5c6ccccc6n6c7ccccc7c7cccc(c(c3)c45)c76)NC(c3ccccc3)N2)cc1. The Hall–Kier alpha value is -6.43. The first-order chi connectivity index (χ1) is 24.8. The van der Waals surface area contributed by atoms with Crippen LogP contribution in [0.4, 0.5) is 0 Å². The lowest BCUT2D eigenvalue weighted by molar-refractivity contribution is 0.409. The van der Waals surface area contributed by atoms with Gasteiger partial charge >= 0.3 is 0 Å². The molecular weight excluding hydrogens is 611 g/mol. The van der Waals surface area contributed by atoms with E-state index in [-0.39, 0.29) is 12.3 Å². The molecule has 1 aliphatic rings. The van der Waals surface area contributed by atoms with Crippen molar-refractivity contribution in [1.29, 1.82) is 0 Å². The molecular formula is C45H31N5. The van der Waals surface area contributed by atoms with Gasteiger partial charge in [-0.15, -0.1) is 0 Å². The summed E-state index contributed by atoms with van der Waals surface area (Å²) in [6.45, 7) is 0. The van der Waals surface area contributed by atoms with E-state index in [1.54, 1.807) is 0 Å². The zero-order chi connectivity index (χ0) is 32.8. The molecule has 7 aromatic carbocycles. The van der Waals surface area contributed by atoms with Crippen LogP contribution in [-0.4, -0.2) is 14.6 Å². The van der Waals surface area contributed by atoms with E-state index in [1.807, 2.05) is 0 Å². The Bertz CT molecular complexity index is 2990. The first kappa shape index (κ1) is 27.5. The second-order valence-electron chi connectivity index (χ2n) is 13.3. The van der Waals surface area contributed by atoms with E-state index in [2.05, 4.69) is 183 Å². The van der Waals surface area contributed by atoms with Gasteiger partial charge in [-0.05, 0) is 47.5 Å². The quantitative estimate of drug-likeness (QED) is 0.202. The van der Waals surface area contributed by atoms with E-state index in [0.29, 0.717) is 0 Å². The Kier molecular flexibility index (Phi) is 5.80. The molecule has 0 spiro atoms. The van der Waals surface area contributed by atoms with Gasteiger partial charge in [-0.25, -0.2) is 4.99 Å². The van der Waals surface area contributed by atoms with Crippen LogP contribution >= 0.6 is 0 Å². The number of benzene rings is 7. The predicted octanol–water partition coefficient (Wildman–Crippen LogP) is 10.3. The van der Waals surface area contributed by atoms with Gasteiger partial charge in [-0.2, -0.15) is 0 Å². The molecule has 2 N–H and O–H groups in total. The van der Waals surface area contributed by atoms with Gasteiger partial charge in [0.2, 0.25) is 0 Å². The van der Waals surface area contributed by atoms with Crippen molar-refractivity contribution in [3.63, 3.8) is 0 Å². The van der Waals surface area contributed by atoms with Gasteiger partial charge in [0.25, 0.3) is 0 Å². The molecule has 236 valence electrons. The van der Waals surface area contributed by atoms with E-state index in [9.17, 15) is 0 Å². The topological polar surface area (TPSA) is 45.2 Å². The molecule has 2 atom stereocenters. The van der Waals surface area contributed by atoms with Gasteiger partial charge in [0.05, 0.1) is 33.1 Å². The number of aliphatic imine (C=N–C) groups is 1. The van der Waals surface area contributed by atoms with Crippen molar-refractivity contribution < 1.29 is 0 Å². The van der Waals surface area contributed by atoms with Gasteiger partial charge in [-0.3, -0.25) is 5.32 Å². The number of nitrogens with zero attached hydrogens (tertiary/aromatic N) is 3. The van der Waals surface area contributed by atoms with Crippen LogP contribution in [0.5, 0.6) is 0 Å². The monoisotopic (exact) mass is 641 g/mol. The van der Waals surface area contributed by atoms with Crippen molar-refractivity contribution in [3.05, 3.63) is 180 Å². The summed E-state index contributed by atoms with van der Waals surface area (Å²) in [6, 6.07) is 59.1. The highest BCUT2D eigenvalue weighted by atomic mass is 15.3. The average molecular weight is 642 g/mol. The first-order valence-corrected chi connectivity index (χ1v) is 17.2. The lowest BCUT2D eigenvalue weighted by atomic mass is 9.99. The molecule has 5 heteroatoms. The van der Waals surface area contributed by atoms with Crippen molar-refractivity contribution in [2.75, 3.05) is 0 Å². The fraction of sp³-hybridized carbons (Fsp3) is 0.0444. The third kappa shape index (κ3) is 3.89. The largest absolute Gasteiger partial charge is 0.350 e. The molecule has 0 amide bonds. The Morgan fingerprint density at radius 2 is 0.900 bits per heavy atom. The average Bonchev–Trinajstić information content (AvgIpc) is 3.70. The van der Waals surface area contributed by atoms with Crippen LogP contribution < -0.4 is 10.6 Å². The van der Waals surface area contributed by atoms with E-state index in [4.69, 9.17) is 4.99 Å². The molecule has 1 aliphatic heterocycles. The van der Waals surface area contributed by atoms with Gasteiger partial charge in [0.1, 0.15) is 18.2 Å². The Morgan fingerprint density at radius 1 is 0.420 bits per heavy atom. The van der Waals surface area contributed by atoms with Gasteiger partial charge < -0.3 is 14.1 Å². The number of hydrogen-bond donors (Lipinski definition) is 2. The van der Waals surface area contributed by atoms with Crippen molar-refractivity contribution in [3.8, 4) is 0 Å². The van der Waals surface area contributed by atoms with Crippen molar-refractivity contribution >= 4 is 71.3 Å². The lowest BCUT2D eigenvalue weighted by Crippen LogP contribution is -2.44. The highest BCUT2D eigenvalue weighted by molar-refractivity contribution is 6.25. The second-order valence-corrected chi connectivity index (χ2v) is 13.3. The predicted molar refractivity (Wildman–Crippen MR) is 207 cm³/mol. The highest BCUT2D eigenvalue weighted by Crippen LogP contribution is 2.42. The molecule has 0 radical (unpaired) electrons. The van der Waals surface area contributed by atoms with Crippen LogP contribution in [-0.2, 0) is 0 Å². The van der Waals surface area contributed by atoms with E-state index in [1.165, 1.54) is 71.0 Å². The highest BCUT2D eigenvalue weighted by Gasteiger charge is 2.27. The summed E-state index contributed by atoms with van der Waals surface area (Å²) in [5.74, 6) is 0.879. The molecule has 0 saturated carbocycles. The summed E-state index contributed by atoms with van der Waals surface area (Å²) in [5.41, 5.74) is 10.5. The van der Waals surface area contributed by atoms with Gasteiger partial charge in [-0.1, -0.05) is 127 Å². The van der Waals surface area contributed by atoms with Crippen LogP contribution in [0.1, 0.15) is 29.0 Å². The molecule has 0 bridgehead atoms. The molecule has 3 aromatic heterocycles. The molecule has 50 heavy (non-hydrogen) atoms. The number of para-hydroxylation sites is 5. The smallest absolute Gasteiger partial charge is 0.131 e. The maximum atomic E-state index is 5.37. The molecule has 5 nitrogen and oxygen atoms in total. The minimum atomic E-state index is -0.290. The van der Waals surface area contributed by atoms with E-state index in [0.717, 1.165) is 17.0 Å². The summed E-state index contributed by atoms with van der Waals surface area (Å²) in [7, 11) is 0. The van der Waals surface area contributed by atoms with Gasteiger partial charge in [0, 0.05) is 37.9 Å². The Morgan fingerprint density at radius 3 is 1.56 bits per heavy atom. The summed E-state index contributed by atoms with van der Waals surface area (Å²) < 4.78 is 4.96. The minimum absolute atomic E-state index is 0.119. The number of rotatable bonds is 3. The minimum Gasteiger partial charge on any atom is -0.350 e. The molecule has 0 saturated heterocycles. The fourth-order valence-electron chi connectivity index (χ4n) is 8.35. The summed E-state index contributed by atoms with van der Waals surface area (Å²) in [4.78, 5) is 5.37. The molecule has 10 aromatic rings. The number of fused-ring (bicyclic) bond motifs is 10. The first-order valence-electron chi connectivity index (χ1n) is 17.2. The number of amidine groups is 1. The second kappa shape index (κ2) is 10.5. The van der Waals surface area contributed by atoms with E-state index >= 15 is 0 Å². The standard InChI is InChI=1S/C45H31N5/c1-3-14-28(15-4-1)43-46-44(29-16-5-2-6-17-29)48-45(47-43)30-26-35-32-19-8-10-23-38(32)50-40-25-12-11-24-39(40)49-37-22-9-7-18-31(37)33-20-13-21-34(41(33)49)36(27-30)42(35)50/h1-27,43,45,47H,(H,46,48). The zero-order valence-electron chi connectivity index (χ0n) is 27.1. The van der Waals surface area contributed by atoms with Crippen LogP contribution in [0, 0.1) is 0 Å². The third-order valence-electron chi connectivity index (χ3n) is 10.5. The van der Waals surface area contributed by atoms with Gasteiger partial charge in [0.15, 0.2) is 0 Å². The van der Waals surface area contributed by atoms with Crippen LogP contribution in [0.3, 0.4) is 0 Å². The molecule has 0 fully saturated rings. The number of hydrogen-bond acceptors (Lipinski definition) is 3. The summed E-state index contributed by atoms with van der Waals surface area (Å²) in [5, 5.41) is 14.9. The summed E-state index contributed by atoms with van der Waals surface area (Å²) in [6.07, 6.45) is -0.409. The molecule has 0 aliphatic carbocycles. The molecule has 11 rings (SSSR count). The number of nitrogens with one attached hydrogen (secondary N) is 2. The molecule has 2 unspecified atom stereocenters. The Balaban J connectivity index is 1.31. The fourth-order valence-corrected chi connectivity index (χ4v) is 8.35. The van der Waals surface area contributed by atoms with Crippen molar-refractivity contribution in [1.82, 2.24) is 19.4 Å². The van der Waals surface area contributed by atoms with Crippen molar-refractivity contribution in [2.24, 2.45) is 4.99 Å². The Labute approximate surface area is 287 Å².